The first-order chi connectivity index (χ1) is 21.7. The molecule has 5 atom stereocenters. The number of nitrogens with one attached hydrogen (secondary N) is 4. The van der Waals surface area contributed by atoms with Crippen molar-refractivity contribution in [3.8, 4) is 0 Å². The molecule has 2 rings (SSSR count). The fraction of sp³-hybridized carbons (Fsp3) is 0.543. The predicted molar refractivity (Wildman–Crippen MR) is 176 cm³/mol. The van der Waals surface area contributed by atoms with Gasteiger partial charge in [0, 0.05) is 19.0 Å². The topological polar surface area (TPSA) is 166 Å². The van der Waals surface area contributed by atoms with Crippen LogP contribution in [0.2, 0.25) is 0 Å². The first-order valence-electron chi connectivity index (χ1n) is 16.0. The predicted octanol–water partition coefficient (Wildman–Crippen LogP) is 3.22. The SMILES string of the molecule is CCC(CC)NC(=O)C[C@H](C(=O)NC[C@@H](O)[C@H](Cc1ccccc1)NC(=O)[C@@H](NC(=O)OCc1ccccc1)C(C)O)C(C)(C)C. The largest absolute Gasteiger partial charge is 0.445 e. The van der Waals surface area contributed by atoms with E-state index >= 15 is 0 Å². The monoisotopic (exact) mass is 640 g/mol. The molecule has 0 radical (unpaired) electrons. The molecule has 0 aliphatic rings. The lowest BCUT2D eigenvalue weighted by molar-refractivity contribution is -0.134. The maximum absolute atomic E-state index is 13.4. The number of carbonyl (C=O) groups is 4. The Morgan fingerprint density at radius 2 is 1.37 bits per heavy atom. The molecule has 46 heavy (non-hydrogen) atoms. The number of rotatable bonds is 17. The van der Waals surface area contributed by atoms with Gasteiger partial charge in [-0.05, 0) is 42.7 Å². The number of carbonyl (C=O) groups excluding carboxylic acids is 4. The van der Waals surface area contributed by atoms with Crippen LogP contribution in [0.3, 0.4) is 0 Å². The Morgan fingerprint density at radius 1 is 0.804 bits per heavy atom. The summed E-state index contributed by atoms with van der Waals surface area (Å²) in [6.45, 7) is 10.8. The molecular weight excluding hydrogens is 588 g/mol. The summed E-state index contributed by atoms with van der Waals surface area (Å²) in [7, 11) is 0. The van der Waals surface area contributed by atoms with E-state index in [1.54, 1.807) is 24.3 Å². The van der Waals surface area contributed by atoms with Gasteiger partial charge in [0.1, 0.15) is 12.6 Å². The summed E-state index contributed by atoms with van der Waals surface area (Å²) in [4.78, 5) is 52.0. The lowest BCUT2D eigenvalue weighted by Crippen LogP contribution is -2.58. The summed E-state index contributed by atoms with van der Waals surface area (Å²) in [5, 5.41) is 32.5. The summed E-state index contributed by atoms with van der Waals surface area (Å²) in [5.74, 6) is -2.00. The first-order valence-corrected chi connectivity index (χ1v) is 16.0. The Morgan fingerprint density at radius 3 is 1.89 bits per heavy atom. The van der Waals surface area contributed by atoms with Gasteiger partial charge in [0.15, 0.2) is 0 Å². The van der Waals surface area contributed by atoms with Crippen LogP contribution in [0, 0.1) is 11.3 Å². The average Bonchev–Trinajstić information content (AvgIpc) is 3.02. The van der Waals surface area contributed by atoms with E-state index in [0.29, 0.717) is 0 Å². The molecule has 0 fully saturated rings. The van der Waals surface area contributed by atoms with E-state index < -0.39 is 47.6 Å². The van der Waals surface area contributed by atoms with Gasteiger partial charge in [-0.1, -0.05) is 95.3 Å². The van der Waals surface area contributed by atoms with Crippen molar-refractivity contribution in [3.05, 3.63) is 71.8 Å². The molecule has 6 N–H and O–H groups in total. The quantitative estimate of drug-likeness (QED) is 0.154. The Hall–Kier alpha value is -3.96. The van der Waals surface area contributed by atoms with Crippen LogP contribution in [-0.2, 0) is 32.1 Å². The Bertz CT molecular complexity index is 1230. The minimum Gasteiger partial charge on any atom is -0.445 e. The standard InChI is InChI=1S/C35H52N4O7/c1-7-26(8-2)37-30(42)20-27(35(4,5)6)32(43)36-21-29(41)28(19-24-15-11-9-12-16-24)38-33(44)31(23(3)40)39-34(45)46-22-25-17-13-10-14-18-25/h9-18,23,26-29,31,40-41H,7-8,19-22H2,1-6H3,(H,36,43)(H,37,42)(H,38,44)(H,39,45)/t23?,27-,28+,29-,31+/m1/s1. The van der Waals surface area contributed by atoms with Gasteiger partial charge < -0.3 is 36.2 Å². The molecule has 0 bridgehead atoms. The molecule has 0 aromatic heterocycles. The van der Waals surface area contributed by atoms with Crippen LogP contribution in [-0.4, -0.2) is 70.9 Å². The van der Waals surface area contributed by atoms with Crippen LogP contribution >= 0.6 is 0 Å². The number of aliphatic hydroxyl groups is 2. The minimum absolute atomic E-state index is 0.00574. The van der Waals surface area contributed by atoms with Crippen LogP contribution in [0.4, 0.5) is 4.79 Å². The van der Waals surface area contributed by atoms with Gasteiger partial charge in [-0.3, -0.25) is 14.4 Å². The number of hydrogen-bond acceptors (Lipinski definition) is 7. The van der Waals surface area contributed by atoms with Crippen molar-refractivity contribution in [1.82, 2.24) is 21.3 Å². The van der Waals surface area contributed by atoms with Crippen molar-refractivity contribution < 1.29 is 34.1 Å². The molecule has 0 spiro atoms. The van der Waals surface area contributed by atoms with E-state index in [9.17, 15) is 29.4 Å². The average molecular weight is 641 g/mol. The lowest BCUT2D eigenvalue weighted by atomic mass is 9.78. The summed E-state index contributed by atoms with van der Waals surface area (Å²) in [6.07, 6.45) is -1.64. The lowest BCUT2D eigenvalue weighted by Gasteiger charge is -2.31. The number of amides is 4. The van der Waals surface area contributed by atoms with Crippen LogP contribution in [0.1, 0.15) is 71.9 Å². The van der Waals surface area contributed by atoms with Crippen LogP contribution in [0.15, 0.2) is 60.7 Å². The molecule has 0 saturated carbocycles. The summed E-state index contributed by atoms with van der Waals surface area (Å²) < 4.78 is 5.22. The van der Waals surface area contributed by atoms with Crippen molar-refractivity contribution in [2.45, 2.75) is 104 Å². The third-order valence-electron chi connectivity index (χ3n) is 7.93. The van der Waals surface area contributed by atoms with Crippen molar-refractivity contribution in [1.29, 1.82) is 0 Å². The third kappa shape index (κ3) is 13.2. The molecule has 0 heterocycles. The zero-order valence-corrected chi connectivity index (χ0v) is 27.9. The number of hydrogen-bond donors (Lipinski definition) is 6. The second-order valence-corrected chi connectivity index (χ2v) is 12.7. The van der Waals surface area contributed by atoms with Gasteiger partial charge in [-0.15, -0.1) is 0 Å². The van der Waals surface area contributed by atoms with E-state index in [1.807, 2.05) is 71.0 Å². The molecule has 0 saturated heterocycles. The zero-order valence-electron chi connectivity index (χ0n) is 27.9. The number of alkyl carbamates (subject to hydrolysis) is 1. The maximum Gasteiger partial charge on any atom is 0.408 e. The van der Waals surface area contributed by atoms with Gasteiger partial charge in [-0.25, -0.2) is 4.79 Å². The van der Waals surface area contributed by atoms with Crippen molar-refractivity contribution in [2.24, 2.45) is 11.3 Å². The van der Waals surface area contributed by atoms with E-state index in [1.165, 1.54) is 6.92 Å². The van der Waals surface area contributed by atoms with Crippen LogP contribution in [0.25, 0.3) is 0 Å². The van der Waals surface area contributed by atoms with Gasteiger partial charge in [0.05, 0.1) is 24.2 Å². The Labute approximate surface area is 272 Å². The summed E-state index contributed by atoms with van der Waals surface area (Å²) in [6, 6.07) is 15.9. The van der Waals surface area contributed by atoms with E-state index in [2.05, 4.69) is 21.3 Å². The highest BCUT2D eigenvalue weighted by molar-refractivity contribution is 5.87. The fourth-order valence-electron chi connectivity index (χ4n) is 4.95. The molecule has 254 valence electrons. The highest BCUT2D eigenvalue weighted by Crippen LogP contribution is 2.29. The normalized spacial score (nSPS) is 14.7. The molecule has 2 aromatic rings. The van der Waals surface area contributed by atoms with E-state index in [0.717, 1.165) is 24.0 Å². The van der Waals surface area contributed by atoms with E-state index in [-0.39, 0.29) is 43.8 Å². The number of benzene rings is 2. The van der Waals surface area contributed by atoms with Crippen LogP contribution < -0.4 is 21.3 Å². The van der Waals surface area contributed by atoms with Gasteiger partial charge in [0.25, 0.3) is 0 Å². The Balaban J connectivity index is 2.12. The number of ether oxygens (including phenoxy) is 1. The summed E-state index contributed by atoms with van der Waals surface area (Å²) in [5.41, 5.74) is 1.03. The van der Waals surface area contributed by atoms with Crippen molar-refractivity contribution >= 4 is 23.8 Å². The van der Waals surface area contributed by atoms with Crippen molar-refractivity contribution in [2.75, 3.05) is 6.54 Å². The molecule has 11 heteroatoms. The molecule has 11 nitrogen and oxygen atoms in total. The molecular formula is C35H52N4O7. The van der Waals surface area contributed by atoms with Crippen molar-refractivity contribution in [3.63, 3.8) is 0 Å². The minimum atomic E-state index is -1.37. The second kappa shape index (κ2) is 18.9. The van der Waals surface area contributed by atoms with Gasteiger partial charge in [0.2, 0.25) is 17.7 Å². The fourth-order valence-corrected chi connectivity index (χ4v) is 4.95. The van der Waals surface area contributed by atoms with Crippen LogP contribution in [0.5, 0.6) is 0 Å². The van der Waals surface area contributed by atoms with E-state index in [4.69, 9.17) is 4.74 Å². The zero-order chi connectivity index (χ0) is 34.3. The highest BCUT2D eigenvalue weighted by atomic mass is 16.5. The molecule has 1 unspecified atom stereocenters. The third-order valence-corrected chi connectivity index (χ3v) is 7.93. The molecule has 4 amide bonds. The molecule has 0 aliphatic carbocycles. The first kappa shape index (κ1) is 38.2. The Kier molecular flexibility index (Phi) is 15.7. The maximum atomic E-state index is 13.4. The highest BCUT2D eigenvalue weighted by Gasteiger charge is 2.35. The smallest absolute Gasteiger partial charge is 0.408 e. The second-order valence-electron chi connectivity index (χ2n) is 12.7. The summed E-state index contributed by atoms with van der Waals surface area (Å²) >= 11 is 0. The van der Waals surface area contributed by atoms with Gasteiger partial charge in [-0.2, -0.15) is 0 Å². The molecule has 2 aromatic carbocycles. The molecule has 0 aliphatic heterocycles. The van der Waals surface area contributed by atoms with Gasteiger partial charge >= 0.3 is 6.09 Å². The number of aliphatic hydroxyl groups excluding tert-OH is 2.